The lowest BCUT2D eigenvalue weighted by Crippen LogP contribution is -2.13. The minimum Gasteiger partial charge on any atom is -0.489 e. The van der Waals surface area contributed by atoms with Crippen molar-refractivity contribution in [1.82, 2.24) is 9.38 Å². The summed E-state index contributed by atoms with van der Waals surface area (Å²) in [5.41, 5.74) is 2.43. The molecule has 0 fully saturated rings. The first-order chi connectivity index (χ1) is 13.6. The maximum absolute atomic E-state index is 11.3. The van der Waals surface area contributed by atoms with E-state index in [1.54, 1.807) is 24.3 Å². The van der Waals surface area contributed by atoms with Crippen LogP contribution in [0, 0.1) is 0 Å². The Hall–Kier alpha value is -3.86. The van der Waals surface area contributed by atoms with Crippen molar-refractivity contribution in [3.05, 3.63) is 72.1 Å². The number of hydrogen-bond donors (Lipinski definition) is 1. The Labute approximate surface area is 159 Å². The van der Waals surface area contributed by atoms with Crippen molar-refractivity contribution in [2.75, 3.05) is 6.61 Å². The monoisotopic (exact) mass is 368 g/mol. The first-order valence-electron chi connectivity index (χ1n) is 8.85. The predicted octanol–water partition coefficient (Wildman–Crippen LogP) is 4.19. The fourth-order valence-electron chi connectivity index (χ4n) is 3.87. The fourth-order valence-corrected chi connectivity index (χ4v) is 3.87. The van der Waals surface area contributed by atoms with Gasteiger partial charge in [0.05, 0.1) is 16.6 Å². The minimum absolute atomic E-state index is 0.212. The van der Waals surface area contributed by atoms with Crippen LogP contribution in [0.5, 0.6) is 5.75 Å². The van der Waals surface area contributed by atoms with Gasteiger partial charge in [0.15, 0.2) is 0 Å². The van der Waals surface area contributed by atoms with E-state index in [4.69, 9.17) is 9.72 Å². The third kappa shape index (κ3) is 2.13. The van der Waals surface area contributed by atoms with Gasteiger partial charge in [0.1, 0.15) is 18.0 Å². The van der Waals surface area contributed by atoms with Crippen LogP contribution in [0.2, 0.25) is 0 Å². The van der Waals surface area contributed by atoms with Crippen molar-refractivity contribution >= 4 is 50.8 Å². The Kier molecular flexibility index (Phi) is 3.39. The van der Waals surface area contributed by atoms with Crippen molar-refractivity contribution in [2.45, 2.75) is 0 Å². The largest absolute Gasteiger partial charge is 0.489 e. The van der Waals surface area contributed by atoms with Gasteiger partial charge >= 0.3 is 5.97 Å². The molecule has 0 bridgehead atoms. The Morgan fingerprint density at radius 2 is 1.96 bits per heavy atom. The van der Waals surface area contributed by atoms with Crippen LogP contribution in [0.4, 0.5) is 0 Å². The highest BCUT2D eigenvalue weighted by molar-refractivity contribution is 6.17. The van der Waals surface area contributed by atoms with E-state index in [2.05, 4.69) is 13.2 Å². The van der Waals surface area contributed by atoms with E-state index in [-0.39, 0.29) is 5.56 Å². The third-order valence-electron chi connectivity index (χ3n) is 5.08. The van der Waals surface area contributed by atoms with Crippen LogP contribution in [-0.2, 0) is 0 Å². The normalized spacial score (nSPS) is 11.6. The number of carbonyl (C=O) groups is 1. The maximum atomic E-state index is 11.3. The number of carboxylic acid groups (broad SMARTS) is 1. The van der Waals surface area contributed by atoms with Crippen molar-refractivity contribution in [3.63, 3.8) is 0 Å². The zero-order valence-electron chi connectivity index (χ0n) is 15.0. The third-order valence-corrected chi connectivity index (χ3v) is 5.08. The molecule has 136 valence electrons. The van der Waals surface area contributed by atoms with E-state index in [0.29, 0.717) is 12.1 Å². The van der Waals surface area contributed by atoms with Gasteiger partial charge < -0.3 is 9.84 Å². The van der Waals surface area contributed by atoms with Crippen LogP contribution in [0.1, 0.15) is 10.4 Å². The number of nitrogens with zero attached hydrogens (tertiary/aromatic N) is 2. The van der Waals surface area contributed by atoms with E-state index >= 15 is 0 Å². The zero-order valence-corrected chi connectivity index (χ0v) is 15.0. The lowest BCUT2D eigenvalue weighted by Gasteiger charge is -2.13. The van der Waals surface area contributed by atoms with E-state index in [1.165, 1.54) is 0 Å². The summed E-state index contributed by atoms with van der Waals surface area (Å²) in [7, 11) is 0. The SMILES string of the molecule is C=CCOc1ccc2c3c1cccc3c(=C)n1c3ccc(C(=O)O)cc3nc21. The molecule has 1 N–H and O–H groups in total. The molecule has 0 radical (unpaired) electrons. The summed E-state index contributed by atoms with van der Waals surface area (Å²) in [4.78, 5) is 16.1. The molecule has 0 saturated heterocycles. The molecule has 0 aliphatic carbocycles. The standard InChI is InChI=1S/C23H16N2O3/c1-3-11-28-20-10-8-17-21-15(5-4-6-16(20)21)13(2)25-19-9-7-14(23(26)27)12-18(19)24-22(17)25/h3-10,12H,1-2,11H2,(H,26,27). The van der Waals surface area contributed by atoms with Gasteiger partial charge in [-0.15, -0.1) is 0 Å². The summed E-state index contributed by atoms with van der Waals surface area (Å²) in [5, 5.41) is 14.1. The molecule has 5 heteroatoms. The average molecular weight is 368 g/mol. The predicted molar refractivity (Wildman–Crippen MR) is 111 cm³/mol. The van der Waals surface area contributed by atoms with Gasteiger partial charge in [-0.3, -0.25) is 4.40 Å². The van der Waals surface area contributed by atoms with Gasteiger partial charge in [0.25, 0.3) is 0 Å². The molecular formula is C23H16N2O3. The van der Waals surface area contributed by atoms with Gasteiger partial charge in [-0.25, -0.2) is 9.78 Å². The molecule has 5 aromatic rings. The Morgan fingerprint density at radius 3 is 2.75 bits per heavy atom. The number of benzene rings is 3. The Bertz CT molecular complexity index is 1480. The Morgan fingerprint density at radius 1 is 1.14 bits per heavy atom. The fraction of sp³-hybridized carbons (Fsp3) is 0.0435. The summed E-state index contributed by atoms with van der Waals surface area (Å²) in [5.74, 6) is -0.188. The molecule has 28 heavy (non-hydrogen) atoms. The van der Waals surface area contributed by atoms with E-state index < -0.39 is 5.97 Å². The molecule has 2 aromatic heterocycles. The number of aromatic carboxylic acids is 1. The summed E-state index contributed by atoms with van der Waals surface area (Å²) < 4.78 is 7.82. The highest BCUT2D eigenvalue weighted by Crippen LogP contribution is 2.35. The maximum Gasteiger partial charge on any atom is 0.335 e. The molecule has 0 spiro atoms. The van der Waals surface area contributed by atoms with Gasteiger partial charge in [-0.1, -0.05) is 37.4 Å². The second-order valence-corrected chi connectivity index (χ2v) is 6.67. The van der Waals surface area contributed by atoms with Gasteiger partial charge in [0.2, 0.25) is 0 Å². The number of fused-ring (bicyclic) bond motifs is 4. The van der Waals surface area contributed by atoms with E-state index in [9.17, 15) is 9.90 Å². The van der Waals surface area contributed by atoms with Crippen molar-refractivity contribution < 1.29 is 14.6 Å². The van der Waals surface area contributed by atoms with Crippen LogP contribution < -0.4 is 10.1 Å². The number of carboxylic acids is 1. The quantitative estimate of drug-likeness (QED) is 0.483. The molecule has 3 aromatic carbocycles. The van der Waals surface area contributed by atoms with E-state index in [1.807, 2.05) is 34.7 Å². The molecule has 0 atom stereocenters. The average Bonchev–Trinajstić information content (AvgIpc) is 3.09. The van der Waals surface area contributed by atoms with Crippen LogP contribution in [-0.4, -0.2) is 27.1 Å². The van der Waals surface area contributed by atoms with Crippen molar-refractivity contribution in [3.8, 4) is 5.75 Å². The molecule has 0 amide bonds. The van der Waals surface area contributed by atoms with Crippen LogP contribution in [0.3, 0.4) is 0 Å². The molecule has 5 rings (SSSR count). The zero-order chi connectivity index (χ0) is 19.4. The number of aromatic nitrogens is 2. The Balaban J connectivity index is 1.96. The summed E-state index contributed by atoms with van der Waals surface area (Å²) in [6.07, 6.45) is 1.72. The number of rotatable bonds is 4. The topological polar surface area (TPSA) is 63.8 Å². The number of imidazole rings is 1. The van der Waals surface area contributed by atoms with Crippen LogP contribution in [0.15, 0.2) is 61.2 Å². The number of hydrogen-bond acceptors (Lipinski definition) is 3. The van der Waals surface area contributed by atoms with Crippen molar-refractivity contribution in [1.29, 1.82) is 0 Å². The summed E-state index contributed by atoms with van der Waals surface area (Å²) >= 11 is 0. The molecular weight excluding hydrogens is 352 g/mol. The van der Waals surface area contributed by atoms with Gasteiger partial charge in [0, 0.05) is 26.9 Å². The molecule has 5 nitrogen and oxygen atoms in total. The minimum atomic E-state index is -0.971. The molecule has 0 aliphatic heterocycles. The molecule has 2 heterocycles. The highest BCUT2D eigenvalue weighted by atomic mass is 16.5. The second-order valence-electron chi connectivity index (χ2n) is 6.67. The first-order valence-corrected chi connectivity index (χ1v) is 8.85. The number of pyridine rings is 1. The highest BCUT2D eigenvalue weighted by Gasteiger charge is 2.16. The van der Waals surface area contributed by atoms with Crippen LogP contribution >= 0.6 is 0 Å². The smallest absolute Gasteiger partial charge is 0.335 e. The van der Waals surface area contributed by atoms with E-state index in [0.717, 1.165) is 43.8 Å². The first kappa shape index (κ1) is 16.3. The molecule has 0 unspecified atom stereocenters. The lowest BCUT2D eigenvalue weighted by molar-refractivity contribution is 0.0697. The molecule has 0 saturated carbocycles. The van der Waals surface area contributed by atoms with Gasteiger partial charge in [-0.05, 0) is 30.3 Å². The van der Waals surface area contributed by atoms with Gasteiger partial charge in [-0.2, -0.15) is 0 Å². The second kappa shape index (κ2) is 5.82. The molecule has 0 aliphatic rings. The summed E-state index contributed by atoms with van der Waals surface area (Å²) in [6.45, 7) is 8.44. The number of ether oxygens (including phenoxy) is 1. The lowest BCUT2D eigenvalue weighted by atomic mass is 10.0. The summed E-state index contributed by atoms with van der Waals surface area (Å²) in [6, 6.07) is 14.9. The van der Waals surface area contributed by atoms with Crippen LogP contribution in [0.25, 0.3) is 44.8 Å². The van der Waals surface area contributed by atoms with Crippen molar-refractivity contribution in [2.24, 2.45) is 0 Å².